The highest BCUT2D eigenvalue weighted by atomic mass is 32.2. The Kier molecular flexibility index (Phi) is 4.42. The number of nitrogens with zero attached hydrogens (tertiary/aromatic N) is 2. The van der Waals surface area contributed by atoms with E-state index >= 15 is 0 Å². The Bertz CT molecular complexity index is 673. The number of halogens is 1. The summed E-state index contributed by atoms with van der Waals surface area (Å²) in [4.78, 5) is 3.46. The summed E-state index contributed by atoms with van der Waals surface area (Å²) in [5, 5.41) is 12.5. The first kappa shape index (κ1) is 14.6. The molecule has 9 heteroatoms. The summed E-state index contributed by atoms with van der Waals surface area (Å²) < 4.78 is 44.2. The number of aliphatic hydroxyl groups excluding tert-OH is 1. The molecule has 7 nitrogen and oxygen atoms in total. The van der Waals surface area contributed by atoms with Gasteiger partial charge in [0, 0.05) is 13.0 Å². The quantitative estimate of drug-likeness (QED) is 0.791. The summed E-state index contributed by atoms with van der Waals surface area (Å²) in [5.41, 5.74) is 0.122. The lowest BCUT2D eigenvalue weighted by molar-refractivity contribution is 0.278. The molecule has 2 aromatic rings. The molecule has 1 aromatic heterocycles. The number of aromatic nitrogens is 2. The molecule has 0 saturated carbocycles. The maximum atomic E-state index is 13.2. The van der Waals surface area contributed by atoms with Gasteiger partial charge in [-0.05, 0) is 17.7 Å². The number of hydrogen-bond donors (Lipinski definition) is 2. The highest BCUT2D eigenvalue weighted by molar-refractivity contribution is 7.89. The largest absolute Gasteiger partial charge is 0.392 e. The van der Waals surface area contributed by atoms with Gasteiger partial charge in [-0.25, -0.2) is 17.5 Å². The van der Waals surface area contributed by atoms with Crippen molar-refractivity contribution in [3.8, 4) is 0 Å². The zero-order valence-corrected chi connectivity index (χ0v) is 11.1. The number of hydrogen-bond acceptors (Lipinski definition) is 6. The van der Waals surface area contributed by atoms with E-state index in [0.29, 0.717) is 0 Å². The Morgan fingerprint density at radius 2 is 2.20 bits per heavy atom. The maximum absolute atomic E-state index is 13.2. The fraction of sp³-hybridized carbons (Fsp3) is 0.273. The molecule has 0 spiro atoms. The number of benzene rings is 1. The second-order valence-electron chi connectivity index (χ2n) is 3.89. The molecular formula is C11H12FN3O4S. The van der Waals surface area contributed by atoms with Crippen molar-refractivity contribution in [2.45, 2.75) is 17.9 Å². The van der Waals surface area contributed by atoms with Crippen molar-refractivity contribution < 1.29 is 22.4 Å². The highest BCUT2D eigenvalue weighted by Crippen LogP contribution is 2.17. The van der Waals surface area contributed by atoms with Crippen LogP contribution in [0.2, 0.25) is 0 Å². The summed E-state index contributed by atoms with van der Waals surface area (Å²) in [7, 11) is -3.92. The Morgan fingerprint density at radius 3 is 2.85 bits per heavy atom. The van der Waals surface area contributed by atoms with E-state index in [1.165, 1.54) is 12.4 Å². The van der Waals surface area contributed by atoms with Gasteiger partial charge in [-0.2, -0.15) is 4.98 Å². The normalized spacial score (nSPS) is 11.7. The Hall–Kier alpha value is -1.84. The van der Waals surface area contributed by atoms with Crippen molar-refractivity contribution in [2.24, 2.45) is 0 Å². The Labute approximate surface area is 114 Å². The van der Waals surface area contributed by atoms with E-state index in [9.17, 15) is 12.8 Å². The molecule has 0 radical (unpaired) electrons. The van der Waals surface area contributed by atoms with Crippen LogP contribution in [-0.4, -0.2) is 30.2 Å². The fourth-order valence-corrected chi connectivity index (χ4v) is 2.86. The molecule has 0 bridgehead atoms. The number of rotatable bonds is 6. The summed E-state index contributed by atoms with van der Waals surface area (Å²) in [6, 6.07) is 3.17. The molecule has 0 aliphatic carbocycles. The molecule has 108 valence electrons. The van der Waals surface area contributed by atoms with Gasteiger partial charge >= 0.3 is 0 Å². The van der Waals surface area contributed by atoms with E-state index in [1.807, 2.05) is 0 Å². The van der Waals surface area contributed by atoms with Crippen LogP contribution in [0.4, 0.5) is 4.39 Å². The van der Waals surface area contributed by atoms with Crippen molar-refractivity contribution in [1.82, 2.24) is 14.9 Å². The zero-order chi connectivity index (χ0) is 14.6. The molecule has 0 atom stereocenters. The van der Waals surface area contributed by atoms with E-state index < -0.39 is 22.4 Å². The van der Waals surface area contributed by atoms with Gasteiger partial charge in [0.2, 0.25) is 15.9 Å². The maximum Gasteiger partial charge on any atom is 0.241 e. The van der Waals surface area contributed by atoms with Gasteiger partial charge in [0.1, 0.15) is 5.82 Å². The predicted molar refractivity (Wildman–Crippen MR) is 65.5 cm³/mol. The number of nitrogens with one attached hydrogen (secondary N) is 1. The molecule has 1 heterocycles. The number of aliphatic hydroxyl groups is 1. The minimum atomic E-state index is -3.92. The molecule has 0 unspecified atom stereocenters. The van der Waals surface area contributed by atoms with Crippen molar-refractivity contribution in [3.05, 3.63) is 41.8 Å². The monoisotopic (exact) mass is 301 g/mol. The van der Waals surface area contributed by atoms with Crippen LogP contribution < -0.4 is 4.72 Å². The van der Waals surface area contributed by atoms with Gasteiger partial charge in [-0.1, -0.05) is 11.2 Å². The van der Waals surface area contributed by atoms with Crippen LogP contribution in [0.15, 0.2) is 33.9 Å². The zero-order valence-electron chi connectivity index (χ0n) is 10.3. The van der Waals surface area contributed by atoms with Crippen LogP contribution in [0.25, 0.3) is 0 Å². The smallest absolute Gasteiger partial charge is 0.241 e. The third kappa shape index (κ3) is 3.38. The summed E-state index contributed by atoms with van der Waals surface area (Å²) in [5.74, 6) is -0.409. The number of sulfonamides is 1. The van der Waals surface area contributed by atoms with Gasteiger partial charge in [0.05, 0.1) is 11.5 Å². The first-order valence-electron chi connectivity index (χ1n) is 5.67. The molecule has 2 N–H and O–H groups in total. The Morgan fingerprint density at radius 1 is 1.40 bits per heavy atom. The van der Waals surface area contributed by atoms with E-state index in [4.69, 9.17) is 9.63 Å². The molecule has 0 amide bonds. The molecule has 20 heavy (non-hydrogen) atoms. The lowest BCUT2D eigenvalue weighted by atomic mass is 10.2. The van der Waals surface area contributed by atoms with Crippen LogP contribution in [0.5, 0.6) is 0 Å². The minimum absolute atomic E-state index is 0.0198. The molecule has 0 saturated heterocycles. The third-order valence-corrected chi connectivity index (χ3v) is 4.07. The molecule has 0 aliphatic rings. The van der Waals surface area contributed by atoms with Crippen LogP contribution in [0.1, 0.15) is 11.5 Å². The highest BCUT2D eigenvalue weighted by Gasteiger charge is 2.19. The van der Waals surface area contributed by atoms with Gasteiger partial charge in [0.15, 0.2) is 6.33 Å². The van der Waals surface area contributed by atoms with Crippen LogP contribution in [0.3, 0.4) is 0 Å². The predicted octanol–water partition coefficient (Wildman–Crippen LogP) is 0.222. The summed E-state index contributed by atoms with van der Waals surface area (Å²) >= 11 is 0. The molecule has 2 rings (SSSR count). The van der Waals surface area contributed by atoms with E-state index in [1.54, 1.807) is 0 Å². The lowest BCUT2D eigenvalue weighted by Gasteiger charge is -2.09. The van der Waals surface area contributed by atoms with Crippen molar-refractivity contribution in [3.63, 3.8) is 0 Å². The van der Waals surface area contributed by atoms with Crippen molar-refractivity contribution in [1.29, 1.82) is 0 Å². The van der Waals surface area contributed by atoms with E-state index in [-0.39, 0.29) is 29.3 Å². The first-order chi connectivity index (χ1) is 9.53. The van der Waals surface area contributed by atoms with E-state index in [0.717, 1.165) is 12.1 Å². The average molecular weight is 301 g/mol. The molecule has 1 aromatic carbocycles. The van der Waals surface area contributed by atoms with Gasteiger partial charge in [-0.15, -0.1) is 0 Å². The average Bonchev–Trinajstić information content (AvgIpc) is 2.91. The molecular weight excluding hydrogens is 289 g/mol. The Balaban J connectivity index is 2.11. The van der Waals surface area contributed by atoms with Gasteiger partial charge in [0.25, 0.3) is 0 Å². The van der Waals surface area contributed by atoms with E-state index in [2.05, 4.69) is 14.9 Å². The summed E-state index contributed by atoms with van der Waals surface area (Å²) in [6.07, 6.45) is 1.42. The second-order valence-corrected chi connectivity index (χ2v) is 5.63. The van der Waals surface area contributed by atoms with Crippen LogP contribution in [0, 0.1) is 5.82 Å². The SMILES string of the molecule is O=S(=O)(NCCc1ncno1)c1cc(F)ccc1CO. The third-order valence-electron chi connectivity index (χ3n) is 2.53. The summed E-state index contributed by atoms with van der Waals surface area (Å²) in [6.45, 7) is -0.480. The second kappa shape index (κ2) is 6.07. The van der Waals surface area contributed by atoms with Crippen molar-refractivity contribution in [2.75, 3.05) is 6.54 Å². The van der Waals surface area contributed by atoms with Gasteiger partial charge in [-0.3, -0.25) is 0 Å². The fourth-order valence-electron chi connectivity index (χ4n) is 1.59. The molecule has 0 fully saturated rings. The van der Waals surface area contributed by atoms with Crippen molar-refractivity contribution >= 4 is 10.0 Å². The van der Waals surface area contributed by atoms with Crippen LogP contribution >= 0.6 is 0 Å². The van der Waals surface area contributed by atoms with Crippen LogP contribution in [-0.2, 0) is 23.1 Å². The first-order valence-corrected chi connectivity index (χ1v) is 7.16. The minimum Gasteiger partial charge on any atom is -0.392 e. The molecule has 0 aliphatic heterocycles. The standard InChI is InChI=1S/C11H12FN3O4S/c12-9-2-1-8(6-16)10(5-9)20(17,18)15-4-3-11-13-7-14-19-11/h1-2,5,7,15-16H,3-4,6H2. The lowest BCUT2D eigenvalue weighted by Crippen LogP contribution is -2.27. The topological polar surface area (TPSA) is 105 Å². The van der Waals surface area contributed by atoms with Gasteiger partial charge < -0.3 is 9.63 Å².